The van der Waals surface area contributed by atoms with E-state index >= 15 is 4.39 Å². The number of hydrogen-bond acceptors (Lipinski definition) is 7. The lowest BCUT2D eigenvalue weighted by Gasteiger charge is -2.32. The SMILES string of the molecule is Cc1cc(-c2ccc(F)c3c(N4CCC(c5noc(C(F)(F)F)n5)CC4)ncnc23)ccc1C(=O)O. The van der Waals surface area contributed by atoms with Gasteiger partial charge in [0.2, 0.25) is 0 Å². The fourth-order valence-electron chi connectivity index (χ4n) is 4.53. The van der Waals surface area contributed by atoms with Crippen molar-refractivity contribution in [2.24, 2.45) is 0 Å². The van der Waals surface area contributed by atoms with Gasteiger partial charge < -0.3 is 14.5 Å². The van der Waals surface area contributed by atoms with Gasteiger partial charge in [-0.25, -0.2) is 19.2 Å². The summed E-state index contributed by atoms with van der Waals surface area (Å²) in [5.41, 5.74) is 2.41. The first-order valence-corrected chi connectivity index (χ1v) is 11.1. The number of piperidine rings is 1. The molecular weight excluding hydrogens is 482 g/mol. The minimum Gasteiger partial charge on any atom is -0.478 e. The molecule has 12 heteroatoms. The number of fused-ring (bicyclic) bond motifs is 1. The summed E-state index contributed by atoms with van der Waals surface area (Å²) in [6.45, 7) is 2.47. The minimum absolute atomic E-state index is 0.00293. The van der Waals surface area contributed by atoms with Crippen LogP contribution >= 0.6 is 0 Å². The van der Waals surface area contributed by atoms with Crippen molar-refractivity contribution >= 4 is 22.7 Å². The Labute approximate surface area is 201 Å². The molecule has 0 saturated carbocycles. The number of alkyl halides is 3. The summed E-state index contributed by atoms with van der Waals surface area (Å²) in [6.07, 6.45) is -2.51. The van der Waals surface area contributed by atoms with Crippen LogP contribution in [0.25, 0.3) is 22.0 Å². The van der Waals surface area contributed by atoms with Gasteiger partial charge in [0.05, 0.1) is 16.5 Å². The number of nitrogens with zero attached hydrogens (tertiary/aromatic N) is 5. The fraction of sp³-hybridized carbons (Fsp3) is 0.292. The van der Waals surface area contributed by atoms with Gasteiger partial charge >= 0.3 is 18.0 Å². The molecule has 0 spiro atoms. The topological polar surface area (TPSA) is 105 Å². The molecule has 5 rings (SSSR count). The highest BCUT2D eigenvalue weighted by molar-refractivity contribution is 6.00. The van der Waals surface area contributed by atoms with Crippen LogP contribution in [0, 0.1) is 12.7 Å². The number of rotatable bonds is 4. The number of aromatic nitrogens is 4. The second-order valence-electron chi connectivity index (χ2n) is 8.57. The van der Waals surface area contributed by atoms with E-state index < -0.39 is 23.9 Å². The molecule has 1 aliphatic rings. The third kappa shape index (κ3) is 4.23. The second-order valence-corrected chi connectivity index (χ2v) is 8.57. The molecule has 1 N–H and O–H groups in total. The Morgan fingerprint density at radius 2 is 1.89 bits per heavy atom. The van der Waals surface area contributed by atoms with Gasteiger partial charge in [-0.3, -0.25) is 0 Å². The van der Waals surface area contributed by atoms with E-state index in [9.17, 15) is 23.1 Å². The molecule has 1 aliphatic heterocycles. The maximum absolute atomic E-state index is 15.1. The largest absolute Gasteiger partial charge is 0.478 e. The zero-order valence-electron chi connectivity index (χ0n) is 18.9. The van der Waals surface area contributed by atoms with Gasteiger partial charge in [0.1, 0.15) is 18.0 Å². The first-order valence-electron chi connectivity index (χ1n) is 11.1. The monoisotopic (exact) mass is 501 g/mol. The number of carboxylic acid groups (broad SMARTS) is 1. The van der Waals surface area contributed by atoms with E-state index in [4.69, 9.17) is 0 Å². The van der Waals surface area contributed by atoms with Crippen LogP contribution in [-0.2, 0) is 6.18 Å². The lowest BCUT2D eigenvalue weighted by Crippen LogP contribution is -2.34. The van der Waals surface area contributed by atoms with Gasteiger partial charge in [-0.05, 0) is 49.1 Å². The Hall–Kier alpha value is -4.09. The van der Waals surface area contributed by atoms with E-state index in [0.29, 0.717) is 54.0 Å². The predicted molar refractivity (Wildman–Crippen MR) is 120 cm³/mol. The molecule has 0 atom stereocenters. The van der Waals surface area contributed by atoms with Crippen LogP contribution in [0.5, 0.6) is 0 Å². The van der Waals surface area contributed by atoms with Crippen molar-refractivity contribution in [3.8, 4) is 11.1 Å². The number of carboxylic acids is 1. The standard InChI is InChI=1S/C24H19F4N5O3/c1-12-10-14(2-3-15(12)22(34)35)16-4-5-17(25)18-19(16)29-11-30-21(18)33-8-6-13(7-9-33)20-31-23(36-32-20)24(26,27)28/h2-5,10-11,13H,6-9H2,1H3,(H,34,35). The summed E-state index contributed by atoms with van der Waals surface area (Å²) < 4.78 is 57.8. The zero-order chi connectivity index (χ0) is 25.6. The van der Waals surface area contributed by atoms with Gasteiger partial charge in [-0.15, -0.1) is 0 Å². The fourth-order valence-corrected chi connectivity index (χ4v) is 4.53. The quantitative estimate of drug-likeness (QED) is 0.379. The average molecular weight is 501 g/mol. The number of carbonyl (C=O) groups is 1. The van der Waals surface area contributed by atoms with Crippen molar-refractivity contribution in [3.63, 3.8) is 0 Å². The van der Waals surface area contributed by atoms with Crippen LogP contribution < -0.4 is 4.90 Å². The van der Waals surface area contributed by atoms with Crippen molar-refractivity contribution in [2.45, 2.75) is 31.9 Å². The summed E-state index contributed by atoms with van der Waals surface area (Å²) in [4.78, 5) is 25.3. The van der Waals surface area contributed by atoms with E-state index in [-0.39, 0.29) is 22.7 Å². The number of anilines is 1. The molecule has 4 aromatic rings. The van der Waals surface area contributed by atoms with Gasteiger partial charge in [-0.2, -0.15) is 18.2 Å². The maximum Gasteiger partial charge on any atom is 0.471 e. The molecule has 0 aliphatic carbocycles. The average Bonchev–Trinajstić information content (AvgIpc) is 3.35. The first kappa shape index (κ1) is 23.6. The summed E-state index contributed by atoms with van der Waals surface area (Å²) in [6, 6.07) is 7.76. The highest BCUT2D eigenvalue weighted by Gasteiger charge is 2.39. The molecule has 186 valence electrons. The second kappa shape index (κ2) is 8.85. The van der Waals surface area contributed by atoms with Crippen LogP contribution in [0.4, 0.5) is 23.4 Å². The Morgan fingerprint density at radius 1 is 1.14 bits per heavy atom. The molecule has 0 amide bonds. The first-order chi connectivity index (χ1) is 17.1. The van der Waals surface area contributed by atoms with E-state index in [1.165, 1.54) is 18.5 Å². The number of halogens is 4. The molecule has 36 heavy (non-hydrogen) atoms. The molecule has 2 aromatic carbocycles. The van der Waals surface area contributed by atoms with Gasteiger partial charge in [0, 0.05) is 24.6 Å². The van der Waals surface area contributed by atoms with Crippen molar-refractivity contribution in [1.29, 1.82) is 0 Å². The Kier molecular flexibility index (Phi) is 5.81. The normalized spacial score (nSPS) is 15.0. The van der Waals surface area contributed by atoms with E-state index in [2.05, 4.69) is 24.6 Å². The summed E-state index contributed by atoms with van der Waals surface area (Å²) in [5.74, 6) is -2.87. The molecule has 0 radical (unpaired) electrons. The Balaban J connectivity index is 1.45. The Morgan fingerprint density at radius 3 is 2.53 bits per heavy atom. The lowest BCUT2D eigenvalue weighted by atomic mass is 9.95. The molecule has 1 fully saturated rings. The van der Waals surface area contributed by atoms with Crippen LogP contribution in [0.3, 0.4) is 0 Å². The third-order valence-corrected chi connectivity index (χ3v) is 6.33. The summed E-state index contributed by atoms with van der Waals surface area (Å²) >= 11 is 0. The predicted octanol–water partition coefficient (Wildman–Crippen LogP) is 5.23. The molecule has 1 saturated heterocycles. The number of aryl methyl sites for hydroxylation is 1. The molecule has 2 aromatic heterocycles. The number of aromatic carboxylic acids is 1. The highest BCUT2D eigenvalue weighted by Crippen LogP contribution is 2.37. The van der Waals surface area contributed by atoms with E-state index in [0.717, 1.165) is 0 Å². The smallest absolute Gasteiger partial charge is 0.471 e. The lowest BCUT2D eigenvalue weighted by molar-refractivity contribution is -0.159. The van der Waals surface area contributed by atoms with Crippen molar-refractivity contribution in [3.05, 3.63) is 65.3 Å². The number of hydrogen-bond donors (Lipinski definition) is 1. The molecule has 0 unspecified atom stereocenters. The molecular formula is C24H19F4N5O3. The van der Waals surface area contributed by atoms with E-state index in [1.54, 1.807) is 25.1 Å². The zero-order valence-corrected chi connectivity index (χ0v) is 18.9. The maximum atomic E-state index is 15.1. The van der Waals surface area contributed by atoms with Crippen LogP contribution in [0.2, 0.25) is 0 Å². The molecule has 8 nitrogen and oxygen atoms in total. The minimum atomic E-state index is -4.70. The number of benzene rings is 2. The highest BCUT2D eigenvalue weighted by atomic mass is 19.4. The molecule has 0 bridgehead atoms. The third-order valence-electron chi connectivity index (χ3n) is 6.33. The molecule has 3 heterocycles. The van der Waals surface area contributed by atoms with Gasteiger partial charge in [0.25, 0.3) is 0 Å². The van der Waals surface area contributed by atoms with Crippen molar-refractivity contribution < 1.29 is 32.0 Å². The Bertz CT molecular complexity index is 1460. The summed E-state index contributed by atoms with van der Waals surface area (Å²) in [5, 5.41) is 13.0. The van der Waals surface area contributed by atoms with Gasteiger partial charge in [-0.1, -0.05) is 17.3 Å². The van der Waals surface area contributed by atoms with Crippen molar-refractivity contribution in [2.75, 3.05) is 18.0 Å². The van der Waals surface area contributed by atoms with Crippen LogP contribution in [0.15, 0.2) is 41.2 Å². The van der Waals surface area contributed by atoms with Crippen molar-refractivity contribution in [1.82, 2.24) is 20.1 Å². The van der Waals surface area contributed by atoms with Gasteiger partial charge in [0.15, 0.2) is 5.82 Å². The van der Waals surface area contributed by atoms with Crippen LogP contribution in [-0.4, -0.2) is 44.3 Å². The van der Waals surface area contributed by atoms with E-state index in [1.807, 2.05) is 4.90 Å². The van der Waals surface area contributed by atoms with Crippen LogP contribution in [0.1, 0.15) is 46.4 Å². The summed E-state index contributed by atoms with van der Waals surface area (Å²) in [7, 11) is 0.